The molecule has 27 heavy (non-hydrogen) atoms. The summed E-state index contributed by atoms with van der Waals surface area (Å²) >= 11 is 5.08. The number of nitrogens with one attached hydrogen (secondary N) is 1. The van der Waals surface area contributed by atoms with E-state index in [1.165, 1.54) is 0 Å². The second kappa shape index (κ2) is 9.62. The number of carbonyl (C=O) groups is 1. The van der Waals surface area contributed by atoms with Crippen LogP contribution in [0.25, 0.3) is 0 Å². The van der Waals surface area contributed by atoms with Gasteiger partial charge in [0.15, 0.2) is 0 Å². The predicted molar refractivity (Wildman–Crippen MR) is 111 cm³/mol. The molecule has 0 aliphatic heterocycles. The van der Waals surface area contributed by atoms with Gasteiger partial charge in [-0.1, -0.05) is 15.9 Å². The summed E-state index contributed by atoms with van der Waals surface area (Å²) < 4.78 is 6.73. The zero-order valence-electron chi connectivity index (χ0n) is 14.9. The first-order chi connectivity index (χ1) is 13.1. The van der Waals surface area contributed by atoms with Crippen LogP contribution < -0.4 is 10.1 Å². The van der Waals surface area contributed by atoms with Crippen LogP contribution in [0, 0.1) is 6.92 Å². The van der Waals surface area contributed by atoms with E-state index in [0.717, 1.165) is 34.4 Å². The second-order valence-electron chi connectivity index (χ2n) is 6.01. The number of pyridine rings is 1. The molecule has 1 N–H and O–H groups in total. The van der Waals surface area contributed by atoms with Gasteiger partial charge >= 0.3 is 0 Å². The van der Waals surface area contributed by atoms with E-state index in [4.69, 9.17) is 4.74 Å². The van der Waals surface area contributed by atoms with Gasteiger partial charge in [0.1, 0.15) is 11.3 Å². The standard InChI is InChI=1S/C20H20BrN3O2S/c1-14-13-27-18(24-14)6-2-3-11-22-19(25)17-5-4-12-23-20(17)26-16-9-7-15(21)8-10-16/h4-5,7-10,12-13H,2-3,6,11H2,1H3,(H,22,25). The van der Waals surface area contributed by atoms with Crippen LogP contribution in [0.2, 0.25) is 0 Å². The summed E-state index contributed by atoms with van der Waals surface area (Å²) in [6.45, 7) is 2.61. The lowest BCUT2D eigenvalue weighted by Crippen LogP contribution is -2.25. The fourth-order valence-corrected chi connectivity index (χ4v) is 3.56. The number of ether oxygens (including phenoxy) is 1. The van der Waals surface area contributed by atoms with Gasteiger partial charge in [0, 0.05) is 28.3 Å². The molecule has 0 fully saturated rings. The van der Waals surface area contributed by atoms with Crippen LogP contribution in [0.4, 0.5) is 0 Å². The van der Waals surface area contributed by atoms with Gasteiger partial charge in [-0.2, -0.15) is 0 Å². The average molecular weight is 446 g/mol. The fourth-order valence-electron chi connectivity index (χ4n) is 2.48. The van der Waals surface area contributed by atoms with Crippen molar-refractivity contribution in [3.8, 4) is 11.6 Å². The molecule has 2 aromatic heterocycles. The Bertz CT molecular complexity index is 896. The summed E-state index contributed by atoms with van der Waals surface area (Å²) in [6.07, 6.45) is 4.44. The summed E-state index contributed by atoms with van der Waals surface area (Å²) in [4.78, 5) is 21.2. The molecule has 0 aliphatic rings. The molecule has 2 heterocycles. The van der Waals surface area contributed by atoms with E-state index in [-0.39, 0.29) is 5.91 Å². The summed E-state index contributed by atoms with van der Waals surface area (Å²) in [5, 5.41) is 6.15. The molecule has 0 saturated carbocycles. The number of rotatable bonds is 8. The molecule has 0 unspecified atom stereocenters. The minimum atomic E-state index is -0.180. The zero-order valence-corrected chi connectivity index (χ0v) is 17.3. The van der Waals surface area contributed by atoms with Crippen LogP contribution in [0.3, 0.4) is 0 Å². The Balaban J connectivity index is 1.51. The molecule has 0 bridgehead atoms. The molecule has 1 aromatic carbocycles. The van der Waals surface area contributed by atoms with Crippen LogP contribution in [0.15, 0.2) is 52.4 Å². The molecule has 0 radical (unpaired) electrons. The van der Waals surface area contributed by atoms with Gasteiger partial charge in [0.05, 0.1) is 5.01 Å². The topological polar surface area (TPSA) is 64.1 Å². The SMILES string of the molecule is Cc1csc(CCCCNC(=O)c2cccnc2Oc2ccc(Br)cc2)n1. The maximum absolute atomic E-state index is 12.5. The van der Waals surface area contributed by atoms with E-state index < -0.39 is 0 Å². The smallest absolute Gasteiger partial charge is 0.256 e. The highest BCUT2D eigenvalue weighted by Crippen LogP contribution is 2.24. The highest BCUT2D eigenvalue weighted by Gasteiger charge is 2.14. The number of hydrogen-bond acceptors (Lipinski definition) is 5. The number of nitrogens with zero attached hydrogens (tertiary/aromatic N) is 2. The molecular formula is C20H20BrN3O2S. The first kappa shape index (κ1) is 19.5. The Morgan fingerprint density at radius 1 is 1.22 bits per heavy atom. The highest BCUT2D eigenvalue weighted by molar-refractivity contribution is 9.10. The van der Waals surface area contributed by atoms with Gasteiger partial charge in [0.25, 0.3) is 5.91 Å². The van der Waals surface area contributed by atoms with E-state index in [0.29, 0.717) is 23.7 Å². The third kappa shape index (κ3) is 5.87. The monoisotopic (exact) mass is 445 g/mol. The number of aromatic nitrogens is 2. The Labute approximate surface area is 171 Å². The molecule has 3 aromatic rings. The summed E-state index contributed by atoms with van der Waals surface area (Å²) in [6, 6.07) is 10.8. The van der Waals surface area contributed by atoms with Crippen LogP contribution in [-0.2, 0) is 6.42 Å². The molecule has 140 valence electrons. The fraction of sp³-hybridized carbons (Fsp3) is 0.250. The third-order valence-corrected chi connectivity index (χ3v) is 5.37. The summed E-state index contributed by atoms with van der Waals surface area (Å²) in [5.74, 6) is 0.751. The maximum Gasteiger partial charge on any atom is 0.256 e. The van der Waals surface area contributed by atoms with Gasteiger partial charge in [-0.25, -0.2) is 9.97 Å². The number of aryl methyl sites for hydroxylation is 2. The lowest BCUT2D eigenvalue weighted by atomic mass is 10.2. The molecule has 7 heteroatoms. The Morgan fingerprint density at radius 2 is 2.04 bits per heavy atom. The molecule has 0 saturated heterocycles. The average Bonchev–Trinajstić information content (AvgIpc) is 3.09. The molecule has 0 atom stereocenters. The minimum Gasteiger partial charge on any atom is -0.438 e. The normalized spacial score (nSPS) is 10.6. The van der Waals surface area contributed by atoms with Crippen LogP contribution in [0.1, 0.15) is 33.9 Å². The van der Waals surface area contributed by atoms with E-state index in [9.17, 15) is 4.79 Å². The second-order valence-corrected chi connectivity index (χ2v) is 7.87. The largest absolute Gasteiger partial charge is 0.438 e. The number of halogens is 1. The number of unbranched alkanes of at least 4 members (excludes halogenated alkanes) is 1. The number of hydrogen-bond donors (Lipinski definition) is 1. The summed E-state index contributed by atoms with van der Waals surface area (Å²) in [5.41, 5.74) is 1.49. The highest BCUT2D eigenvalue weighted by atomic mass is 79.9. The van der Waals surface area contributed by atoms with Crippen molar-refractivity contribution in [3.05, 3.63) is 68.7 Å². The quantitative estimate of drug-likeness (QED) is 0.486. The van der Waals surface area contributed by atoms with Crippen molar-refractivity contribution in [2.24, 2.45) is 0 Å². The third-order valence-electron chi connectivity index (χ3n) is 3.81. The lowest BCUT2D eigenvalue weighted by molar-refractivity contribution is 0.0950. The van der Waals surface area contributed by atoms with Crippen molar-refractivity contribution in [2.45, 2.75) is 26.2 Å². The maximum atomic E-state index is 12.5. The number of thiazole rings is 1. The lowest BCUT2D eigenvalue weighted by Gasteiger charge is -2.10. The van der Waals surface area contributed by atoms with Crippen molar-refractivity contribution in [2.75, 3.05) is 6.54 Å². The summed E-state index contributed by atoms with van der Waals surface area (Å²) in [7, 11) is 0. The van der Waals surface area contributed by atoms with E-state index in [1.54, 1.807) is 29.7 Å². The van der Waals surface area contributed by atoms with Gasteiger partial charge in [0.2, 0.25) is 5.88 Å². The van der Waals surface area contributed by atoms with E-state index >= 15 is 0 Å². The van der Waals surface area contributed by atoms with Crippen molar-refractivity contribution in [1.29, 1.82) is 0 Å². The number of carbonyl (C=O) groups excluding carboxylic acids is 1. The van der Waals surface area contributed by atoms with Gasteiger partial charge in [-0.15, -0.1) is 11.3 Å². The zero-order chi connectivity index (χ0) is 19.1. The van der Waals surface area contributed by atoms with Crippen LogP contribution in [-0.4, -0.2) is 22.4 Å². The molecule has 1 amide bonds. The Morgan fingerprint density at radius 3 is 2.78 bits per heavy atom. The van der Waals surface area contributed by atoms with Crippen molar-refractivity contribution >= 4 is 33.2 Å². The molecule has 0 aliphatic carbocycles. The van der Waals surface area contributed by atoms with Gasteiger partial charge in [-0.05, 0) is 62.6 Å². The van der Waals surface area contributed by atoms with Gasteiger partial charge in [-0.3, -0.25) is 4.79 Å². The predicted octanol–water partition coefficient (Wildman–Crippen LogP) is 5.15. The number of amides is 1. The van der Waals surface area contributed by atoms with Crippen molar-refractivity contribution in [1.82, 2.24) is 15.3 Å². The first-order valence-corrected chi connectivity index (χ1v) is 10.4. The minimum absolute atomic E-state index is 0.180. The van der Waals surface area contributed by atoms with Crippen molar-refractivity contribution < 1.29 is 9.53 Å². The molecule has 0 spiro atoms. The van der Waals surface area contributed by atoms with E-state index in [2.05, 4.69) is 36.6 Å². The Kier molecular flexibility index (Phi) is 6.95. The molecule has 5 nitrogen and oxygen atoms in total. The Hall–Kier alpha value is -2.25. The van der Waals surface area contributed by atoms with E-state index in [1.807, 2.05) is 31.2 Å². The first-order valence-electron chi connectivity index (χ1n) is 8.69. The van der Waals surface area contributed by atoms with Crippen molar-refractivity contribution in [3.63, 3.8) is 0 Å². The molecular weight excluding hydrogens is 426 g/mol. The van der Waals surface area contributed by atoms with Crippen LogP contribution in [0.5, 0.6) is 11.6 Å². The number of benzene rings is 1. The van der Waals surface area contributed by atoms with Gasteiger partial charge < -0.3 is 10.1 Å². The van der Waals surface area contributed by atoms with Crippen LogP contribution >= 0.6 is 27.3 Å². The molecule has 3 rings (SSSR count).